The summed E-state index contributed by atoms with van der Waals surface area (Å²) in [4.78, 5) is 0. The summed E-state index contributed by atoms with van der Waals surface area (Å²) in [7, 11) is -5.97. The van der Waals surface area contributed by atoms with Crippen molar-refractivity contribution < 1.29 is 21.3 Å². The SMILES string of the molecule is CCS1(OS(=O)(=O)O)CCOCC1. The van der Waals surface area contributed by atoms with E-state index in [1.165, 1.54) is 0 Å². The molecule has 0 spiro atoms. The largest absolute Gasteiger partial charge is 0.406 e. The number of hydrogen-bond acceptors (Lipinski definition) is 4. The highest BCUT2D eigenvalue weighted by atomic mass is 32.3. The molecule has 1 aliphatic rings. The van der Waals surface area contributed by atoms with Gasteiger partial charge in [0.1, 0.15) is 0 Å². The van der Waals surface area contributed by atoms with Crippen molar-refractivity contribution in [3.05, 3.63) is 0 Å². The van der Waals surface area contributed by atoms with Crippen molar-refractivity contribution in [1.82, 2.24) is 0 Å². The van der Waals surface area contributed by atoms with Crippen molar-refractivity contribution in [1.29, 1.82) is 0 Å². The fourth-order valence-electron chi connectivity index (χ4n) is 1.21. The molecule has 1 heterocycles. The lowest BCUT2D eigenvalue weighted by Gasteiger charge is -2.39. The fourth-order valence-corrected chi connectivity index (χ4v) is 5.23. The van der Waals surface area contributed by atoms with Crippen molar-refractivity contribution in [2.45, 2.75) is 6.92 Å². The maximum absolute atomic E-state index is 10.6. The van der Waals surface area contributed by atoms with Crippen LogP contribution in [0.25, 0.3) is 0 Å². The zero-order valence-electron chi connectivity index (χ0n) is 7.43. The molecule has 0 aromatic heterocycles. The summed E-state index contributed by atoms with van der Waals surface area (Å²) < 4.78 is 39.6. The molecule has 13 heavy (non-hydrogen) atoms. The third-order valence-electron chi connectivity index (χ3n) is 1.96. The molecular weight excluding hydrogens is 216 g/mol. The molecule has 7 heteroatoms. The van der Waals surface area contributed by atoms with Crippen LogP contribution in [0, 0.1) is 0 Å². The molecule has 0 radical (unpaired) electrons. The standard InChI is InChI=1S/C6H14O5S2/c1-2-12(11-13(7,8)9)5-3-10-4-6-12/h2-6H2,1H3,(H,7,8,9). The Hall–Kier alpha value is 0.180. The van der Waals surface area contributed by atoms with Crippen LogP contribution < -0.4 is 0 Å². The monoisotopic (exact) mass is 230 g/mol. The quantitative estimate of drug-likeness (QED) is 0.718. The normalized spacial score (nSPS) is 25.4. The smallest absolute Gasteiger partial charge is 0.380 e. The van der Waals surface area contributed by atoms with Gasteiger partial charge in [-0.1, -0.05) is 6.92 Å². The molecule has 1 rings (SSSR count). The van der Waals surface area contributed by atoms with Gasteiger partial charge in [0.2, 0.25) is 0 Å². The Kier molecular flexibility index (Phi) is 3.58. The van der Waals surface area contributed by atoms with E-state index in [1.807, 2.05) is 6.92 Å². The average Bonchev–Trinajstić information content (AvgIpc) is 2.03. The lowest BCUT2D eigenvalue weighted by Crippen LogP contribution is -2.28. The first-order chi connectivity index (χ1) is 5.97. The van der Waals surface area contributed by atoms with Gasteiger partial charge in [-0.2, -0.15) is 12.0 Å². The predicted molar refractivity (Wildman–Crippen MR) is 51.3 cm³/mol. The average molecular weight is 230 g/mol. The molecule has 0 aromatic carbocycles. The van der Waals surface area contributed by atoms with Crippen LogP contribution in [-0.2, 0) is 18.8 Å². The second kappa shape index (κ2) is 4.14. The van der Waals surface area contributed by atoms with E-state index >= 15 is 0 Å². The number of hydrogen-bond donors (Lipinski definition) is 1. The van der Waals surface area contributed by atoms with Crippen LogP contribution in [0.15, 0.2) is 0 Å². The van der Waals surface area contributed by atoms with Crippen molar-refractivity contribution in [2.75, 3.05) is 30.5 Å². The molecule has 0 aliphatic carbocycles. The highest BCUT2D eigenvalue weighted by Gasteiger charge is 2.31. The van der Waals surface area contributed by atoms with E-state index in [4.69, 9.17) is 12.9 Å². The zero-order valence-corrected chi connectivity index (χ0v) is 9.07. The lowest BCUT2D eigenvalue weighted by atomic mass is 10.8. The van der Waals surface area contributed by atoms with Crippen LogP contribution in [0.4, 0.5) is 0 Å². The van der Waals surface area contributed by atoms with E-state index in [-0.39, 0.29) is 0 Å². The molecule has 1 aliphatic heterocycles. The molecule has 0 amide bonds. The van der Waals surface area contributed by atoms with E-state index in [0.717, 1.165) is 0 Å². The summed E-state index contributed by atoms with van der Waals surface area (Å²) in [6, 6.07) is 0. The number of rotatable bonds is 3. The fraction of sp³-hybridized carbons (Fsp3) is 1.00. The van der Waals surface area contributed by atoms with Gasteiger partial charge < -0.3 is 4.74 Å². The van der Waals surface area contributed by atoms with Gasteiger partial charge in [0.15, 0.2) is 0 Å². The Morgan fingerprint density at radius 3 is 2.38 bits per heavy atom. The first-order valence-corrected chi connectivity index (χ1v) is 7.43. The van der Waals surface area contributed by atoms with Crippen LogP contribution in [0.1, 0.15) is 6.92 Å². The van der Waals surface area contributed by atoms with Gasteiger partial charge in [-0.25, -0.2) is 0 Å². The Balaban J connectivity index is 2.68. The van der Waals surface area contributed by atoms with Crippen molar-refractivity contribution >= 4 is 20.7 Å². The van der Waals surface area contributed by atoms with Crippen LogP contribution in [0.2, 0.25) is 0 Å². The van der Waals surface area contributed by atoms with Gasteiger partial charge in [-0.05, 0) is 5.75 Å². The molecule has 0 atom stereocenters. The lowest BCUT2D eigenvalue weighted by molar-refractivity contribution is 0.156. The van der Waals surface area contributed by atoms with E-state index in [2.05, 4.69) is 0 Å². The summed E-state index contributed by atoms with van der Waals surface area (Å²) in [6.45, 7) is 2.89. The van der Waals surface area contributed by atoms with Gasteiger partial charge in [-0.15, -0.1) is 10.3 Å². The summed E-state index contributed by atoms with van der Waals surface area (Å²) in [5.74, 6) is 1.81. The van der Waals surface area contributed by atoms with E-state index in [0.29, 0.717) is 30.5 Å². The maximum Gasteiger partial charge on any atom is 0.406 e. The molecule has 0 saturated carbocycles. The van der Waals surface area contributed by atoms with E-state index in [1.54, 1.807) is 0 Å². The minimum absolute atomic E-state index is 0.513. The molecule has 1 fully saturated rings. The zero-order chi connectivity index (χ0) is 9.95. The Morgan fingerprint density at radius 2 is 2.00 bits per heavy atom. The maximum atomic E-state index is 10.6. The number of ether oxygens (including phenoxy) is 1. The highest BCUT2D eigenvalue weighted by molar-refractivity contribution is 8.32. The van der Waals surface area contributed by atoms with Gasteiger partial charge in [0.05, 0.1) is 13.2 Å². The molecule has 0 unspecified atom stereocenters. The molecular formula is C6H14O5S2. The van der Waals surface area contributed by atoms with Crippen molar-refractivity contribution in [2.24, 2.45) is 0 Å². The van der Waals surface area contributed by atoms with Crippen LogP contribution in [0.5, 0.6) is 0 Å². The predicted octanol–water partition coefficient (Wildman–Crippen LogP) is 0.576. The Labute approximate surface area is 79.9 Å². The molecule has 0 aromatic rings. The van der Waals surface area contributed by atoms with Crippen LogP contribution in [0.3, 0.4) is 0 Å². The van der Waals surface area contributed by atoms with Crippen LogP contribution in [-0.4, -0.2) is 43.4 Å². The molecule has 0 bridgehead atoms. The molecule has 5 nitrogen and oxygen atoms in total. The molecule has 1 saturated heterocycles. The van der Waals surface area contributed by atoms with Gasteiger partial charge >= 0.3 is 10.4 Å². The van der Waals surface area contributed by atoms with Crippen molar-refractivity contribution in [3.63, 3.8) is 0 Å². The van der Waals surface area contributed by atoms with E-state index < -0.39 is 20.7 Å². The third-order valence-corrected chi connectivity index (χ3v) is 6.67. The summed E-state index contributed by atoms with van der Waals surface area (Å²) in [5, 5.41) is 0. The highest BCUT2D eigenvalue weighted by Crippen LogP contribution is 2.51. The second-order valence-corrected chi connectivity index (χ2v) is 7.50. The third kappa shape index (κ3) is 3.43. The minimum atomic E-state index is -4.31. The van der Waals surface area contributed by atoms with Crippen LogP contribution >= 0.6 is 10.3 Å². The van der Waals surface area contributed by atoms with Gasteiger partial charge in [-0.3, -0.25) is 4.55 Å². The summed E-state index contributed by atoms with van der Waals surface area (Å²) in [5.41, 5.74) is 0. The van der Waals surface area contributed by atoms with Crippen molar-refractivity contribution in [3.8, 4) is 0 Å². The molecule has 80 valence electrons. The summed E-state index contributed by atoms with van der Waals surface area (Å²) in [6.07, 6.45) is 0. The second-order valence-electron chi connectivity index (χ2n) is 2.77. The topological polar surface area (TPSA) is 72.8 Å². The first kappa shape index (κ1) is 11.3. The Morgan fingerprint density at radius 1 is 1.46 bits per heavy atom. The van der Waals surface area contributed by atoms with Gasteiger partial charge in [0, 0.05) is 11.5 Å². The summed E-state index contributed by atoms with van der Waals surface area (Å²) >= 11 is 0. The van der Waals surface area contributed by atoms with E-state index in [9.17, 15) is 8.42 Å². The first-order valence-electron chi connectivity index (χ1n) is 4.00. The Bertz CT molecular complexity index is 254. The minimum Gasteiger partial charge on any atom is -0.380 e. The van der Waals surface area contributed by atoms with Gasteiger partial charge in [0.25, 0.3) is 0 Å². The molecule has 1 N–H and O–H groups in total.